The molecule has 18 heavy (non-hydrogen) atoms. The molecule has 1 aromatic carbocycles. The van der Waals surface area contributed by atoms with Gasteiger partial charge in [0.25, 0.3) is 5.24 Å². The van der Waals surface area contributed by atoms with Gasteiger partial charge in [-0.2, -0.15) is 0 Å². The molecule has 0 N–H and O–H groups in total. The Morgan fingerprint density at radius 2 is 2.06 bits per heavy atom. The zero-order valence-electron chi connectivity index (χ0n) is 11.1. The molecule has 2 atom stereocenters. The van der Waals surface area contributed by atoms with Crippen molar-refractivity contribution in [2.45, 2.75) is 38.1 Å². The molecule has 1 aliphatic heterocycles. The summed E-state index contributed by atoms with van der Waals surface area (Å²) in [5.41, 5.74) is 1.34. The largest absolute Gasteiger partial charge is 0.330 e. The average molecular weight is 263 g/mol. The van der Waals surface area contributed by atoms with Gasteiger partial charge in [-0.1, -0.05) is 49.0 Å². The van der Waals surface area contributed by atoms with Crippen LogP contribution in [0.25, 0.3) is 0 Å². The molecule has 0 bridgehead atoms. The van der Waals surface area contributed by atoms with Gasteiger partial charge in [-0.3, -0.25) is 4.79 Å². The normalized spacial score (nSPS) is 21.7. The second-order valence-corrected chi connectivity index (χ2v) is 5.68. The van der Waals surface area contributed by atoms with Gasteiger partial charge < -0.3 is 4.90 Å². The summed E-state index contributed by atoms with van der Waals surface area (Å²) in [4.78, 5) is 14.1. The summed E-state index contributed by atoms with van der Waals surface area (Å²) in [5.74, 6) is 0.419. The number of piperidine rings is 1. The Morgan fingerprint density at radius 3 is 2.72 bits per heavy atom. The monoisotopic (exact) mass is 263 g/mol. The van der Waals surface area contributed by atoms with Crippen LogP contribution in [0.4, 0.5) is 4.79 Å². The number of carbonyl (C=O) groups excluding carboxylic acids is 1. The van der Waals surface area contributed by atoms with Crippen molar-refractivity contribution in [3.63, 3.8) is 0 Å². The lowest BCUT2D eigenvalue weighted by Crippen LogP contribution is -2.44. The summed E-state index contributed by atoms with van der Waals surface area (Å²) in [6.07, 6.45) is 5.38. The molecular weight excluding hydrogens is 242 g/mol. The first-order chi connectivity index (χ1) is 8.74. The first-order valence-corrected chi connectivity index (χ1v) is 7.86. The Balaban J connectivity index is 2.16. The van der Waals surface area contributed by atoms with Gasteiger partial charge in [0.05, 0.1) is 0 Å². The van der Waals surface area contributed by atoms with E-state index in [4.69, 9.17) is 0 Å². The molecule has 1 saturated heterocycles. The minimum atomic E-state index is 0.225. The molecule has 2 rings (SSSR count). The van der Waals surface area contributed by atoms with Crippen molar-refractivity contribution >= 4 is 17.0 Å². The van der Waals surface area contributed by atoms with E-state index in [-0.39, 0.29) is 5.24 Å². The zero-order valence-corrected chi connectivity index (χ0v) is 12.0. The van der Waals surface area contributed by atoms with Crippen LogP contribution in [0.1, 0.15) is 37.7 Å². The predicted molar refractivity (Wildman–Crippen MR) is 78.1 cm³/mol. The Labute approximate surface area is 114 Å². The van der Waals surface area contributed by atoms with Crippen LogP contribution in [0, 0.1) is 0 Å². The van der Waals surface area contributed by atoms with Crippen LogP contribution in [0.2, 0.25) is 0 Å². The fourth-order valence-corrected chi connectivity index (χ4v) is 3.26. The van der Waals surface area contributed by atoms with Crippen LogP contribution >= 0.6 is 11.8 Å². The van der Waals surface area contributed by atoms with E-state index in [9.17, 15) is 4.79 Å². The maximum absolute atomic E-state index is 12.0. The smallest absolute Gasteiger partial charge is 0.281 e. The molecule has 1 heterocycles. The maximum atomic E-state index is 12.0. The van der Waals surface area contributed by atoms with E-state index in [2.05, 4.69) is 36.1 Å². The molecule has 98 valence electrons. The van der Waals surface area contributed by atoms with E-state index in [0.29, 0.717) is 12.0 Å². The van der Waals surface area contributed by atoms with Gasteiger partial charge in [-0.05, 0) is 31.1 Å². The fraction of sp³-hybridized carbons (Fsp3) is 0.533. The minimum Gasteiger partial charge on any atom is -0.330 e. The average Bonchev–Trinajstić information content (AvgIpc) is 2.46. The van der Waals surface area contributed by atoms with E-state index >= 15 is 0 Å². The fourth-order valence-electron chi connectivity index (χ4n) is 2.80. The van der Waals surface area contributed by atoms with Crippen molar-refractivity contribution in [3.8, 4) is 0 Å². The zero-order chi connectivity index (χ0) is 13.0. The summed E-state index contributed by atoms with van der Waals surface area (Å²) < 4.78 is 0. The first-order valence-electron chi connectivity index (χ1n) is 6.63. The van der Waals surface area contributed by atoms with Gasteiger partial charge in [0.2, 0.25) is 0 Å². The standard InChI is InChI=1S/C15H21NOS/c1-12(13-8-4-3-5-9-13)14-10-6-7-11-16(14)15(17)18-2/h3-5,8-9,12,14H,6-7,10-11H2,1-2H3. The van der Waals surface area contributed by atoms with E-state index < -0.39 is 0 Å². The topological polar surface area (TPSA) is 20.3 Å². The lowest BCUT2D eigenvalue weighted by Gasteiger charge is -2.39. The molecule has 0 spiro atoms. The van der Waals surface area contributed by atoms with Gasteiger partial charge in [0.1, 0.15) is 0 Å². The summed E-state index contributed by atoms with van der Waals surface area (Å²) in [7, 11) is 0. The highest BCUT2D eigenvalue weighted by Gasteiger charge is 2.30. The van der Waals surface area contributed by atoms with Crippen LogP contribution in [-0.2, 0) is 0 Å². The van der Waals surface area contributed by atoms with Crippen LogP contribution in [0.3, 0.4) is 0 Å². The third-order valence-corrected chi connectivity index (χ3v) is 4.44. The number of amides is 1. The number of hydrogen-bond donors (Lipinski definition) is 0. The number of carbonyl (C=O) groups is 1. The number of hydrogen-bond acceptors (Lipinski definition) is 2. The van der Waals surface area contributed by atoms with Crippen molar-refractivity contribution in [1.29, 1.82) is 0 Å². The van der Waals surface area contributed by atoms with Crippen molar-refractivity contribution in [3.05, 3.63) is 35.9 Å². The Bertz CT molecular complexity index is 393. The minimum absolute atomic E-state index is 0.225. The van der Waals surface area contributed by atoms with Crippen molar-refractivity contribution in [2.75, 3.05) is 12.8 Å². The number of rotatable bonds is 2. The summed E-state index contributed by atoms with van der Waals surface area (Å²) in [5, 5.41) is 0.225. The Morgan fingerprint density at radius 1 is 1.33 bits per heavy atom. The molecule has 0 saturated carbocycles. The Hall–Kier alpha value is -0.960. The molecule has 2 nitrogen and oxygen atoms in total. The third-order valence-electron chi connectivity index (χ3n) is 3.86. The van der Waals surface area contributed by atoms with E-state index in [1.165, 1.54) is 23.7 Å². The molecule has 0 aliphatic carbocycles. The summed E-state index contributed by atoms with van der Waals surface area (Å²) in [6.45, 7) is 3.16. The second kappa shape index (κ2) is 6.28. The van der Waals surface area contributed by atoms with Gasteiger partial charge in [0.15, 0.2) is 0 Å². The van der Waals surface area contributed by atoms with Crippen molar-refractivity contribution < 1.29 is 4.79 Å². The van der Waals surface area contributed by atoms with Gasteiger partial charge in [-0.25, -0.2) is 0 Å². The number of thioether (sulfide) groups is 1. The number of benzene rings is 1. The predicted octanol–water partition coefficient (Wildman–Crippen LogP) is 4.13. The maximum Gasteiger partial charge on any atom is 0.281 e. The van der Waals surface area contributed by atoms with E-state index in [0.717, 1.165) is 19.4 Å². The van der Waals surface area contributed by atoms with Crippen molar-refractivity contribution in [1.82, 2.24) is 4.90 Å². The van der Waals surface area contributed by atoms with Gasteiger partial charge in [-0.15, -0.1) is 0 Å². The van der Waals surface area contributed by atoms with Crippen molar-refractivity contribution in [2.24, 2.45) is 0 Å². The lowest BCUT2D eigenvalue weighted by molar-refractivity contribution is 0.160. The Kier molecular flexibility index (Phi) is 4.70. The molecule has 3 heteroatoms. The highest BCUT2D eigenvalue weighted by molar-refractivity contribution is 8.12. The molecule has 1 amide bonds. The van der Waals surface area contributed by atoms with Gasteiger partial charge in [0, 0.05) is 18.5 Å². The van der Waals surface area contributed by atoms with Crippen LogP contribution in [-0.4, -0.2) is 29.0 Å². The summed E-state index contributed by atoms with van der Waals surface area (Å²) >= 11 is 1.33. The molecule has 1 fully saturated rings. The van der Waals surface area contributed by atoms with Crippen LogP contribution < -0.4 is 0 Å². The molecule has 1 aromatic rings. The number of likely N-dealkylation sites (tertiary alicyclic amines) is 1. The van der Waals surface area contributed by atoms with Gasteiger partial charge >= 0.3 is 0 Å². The second-order valence-electron chi connectivity index (χ2n) is 4.93. The molecule has 1 aliphatic rings. The quantitative estimate of drug-likeness (QED) is 0.799. The molecule has 2 unspecified atom stereocenters. The third kappa shape index (κ3) is 2.89. The van der Waals surface area contributed by atoms with E-state index in [1.54, 1.807) is 0 Å². The highest BCUT2D eigenvalue weighted by atomic mass is 32.2. The van der Waals surface area contributed by atoms with Crippen LogP contribution in [0.5, 0.6) is 0 Å². The highest BCUT2D eigenvalue weighted by Crippen LogP contribution is 2.31. The first kappa shape index (κ1) is 13.5. The van der Waals surface area contributed by atoms with E-state index in [1.807, 2.05) is 12.3 Å². The van der Waals surface area contributed by atoms with Crippen LogP contribution in [0.15, 0.2) is 30.3 Å². The molecule has 0 aromatic heterocycles. The SMILES string of the molecule is CSC(=O)N1CCCCC1C(C)c1ccccc1. The molecule has 0 radical (unpaired) electrons. The number of nitrogens with zero attached hydrogens (tertiary/aromatic N) is 1. The molecular formula is C15H21NOS. The summed E-state index contributed by atoms with van der Waals surface area (Å²) in [6, 6.07) is 10.9. The lowest BCUT2D eigenvalue weighted by atomic mass is 9.87.